The van der Waals surface area contributed by atoms with Gasteiger partial charge in [-0.2, -0.15) is 0 Å². The van der Waals surface area contributed by atoms with Crippen molar-refractivity contribution in [2.24, 2.45) is 0 Å². The molecule has 9 nitrogen and oxygen atoms in total. The third-order valence-electron chi connectivity index (χ3n) is 5.56. The van der Waals surface area contributed by atoms with Crippen molar-refractivity contribution in [3.05, 3.63) is 35.2 Å². The number of nitrogens with zero attached hydrogens (tertiary/aromatic N) is 5. The van der Waals surface area contributed by atoms with Crippen LogP contribution in [0.3, 0.4) is 0 Å². The van der Waals surface area contributed by atoms with Crippen LogP contribution in [-0.2, 0) is 13.1 Å². The lowest BCUT2D eigenvalue weighted by Gasteiger charge is -2.24. The molecule has 0 radical (unpaired) electrons. The minimum absolute atomic E-state index is 0.228. The second-order valence-corrected chi connectivity index (χ2v) is 8.38. The summed E-state index contributed by atoms with van der Waals surface area (Å²) in [6.07, 6.45) is 0.569. The molecule has 1 aromatic heterocycles. The number of methoxy groups -OCH3 is 1. The molecular formula is C22H35N5O4. The Morgan fingerprint density at radius 1 is 1.16 bits per heavy atom. The van der Waals surface area contributed by atoms with Gasteiger partial charge in [0.2, 0.25) is 0 Å². The molecular weight excluding hydrogens is 398 g/mol. The van der Waals surface area contributed by atoms with Crippen LogP contribution in [0.1, 0.15) is 23.4 Å². The van der Waals surface area contributed by atoms with Gasteiger partial charge in [-0.3, -0.25) is 9.80 Å². The zero-order valence-electron chi connectivity index (χ0n) is 19.1. The summed E-state index contributed by atoms with van der Waals surface area (Å²) in [6, 6.07) is 5.88. The molecule has 1 aliphatic heterocycles. The Bertz CT molecular complexity index is 815. The molecule has 1 unspecified atom stereocenters. The zero-order chi connectivity index (χ0) is 22.2. The quantitative estimate of drug-likeness (QED) is 0.597. The van der Waals surface area contributed by atoms with E-state index in [9.17, 15) is 5.11 Å². The van der Waals surface area contributed by atoms with Crippen LogP contribution in [-0.4, -0.2) is 96.8 Å². The number of likely N-dealkylation sites (N-methyl/N-ethyl adjacent to an activating group) is 1. The minimum Gasteiger partial charge on any atom is -0.493 e. The van der Waals surface area contributed by atoms with E-state index in [4.69, 9.17) is 14.1 Å². The summed E-state index contributed by atoms with van der Waals surface area (Å²) < 4.78 is 16.2. The molecule has 1 atom stereocenters. The van der Waals surface area contributed by atoms with Crippen LogP contribution in [0.5, 0.6) is 11.5 Å². The van der Waals surface area contributed by atoms with Gasteiger partial charge in [0.05, 0.1) is 7.11 Å². The van der Waals surface area contributed by atoms with Gasteiger partial charge < -0.3 is 19.5 Å². The molecule has 1 aromatic carbocycles. The summed E-state index contributed by atoms with van der Waals surface area (Å²) in [5.74, 6) is 1.30. The highest BCUT2D eigenvalue weighted by Crippen LogP contribution is 2.29. The van der Waals surface area contributed by atoms with E-state index in [1.807, 2.05) is 32.2 Å². The monoisotopic (exact) mass is 433 g/mol. The lowest BCUT2D eigenvalue weighted by molar-refractivity contribution is 0.0685. The summed E-state index contributed by atoms with van der Waals surface area (Å²) in [7, 11) is 5.78. The van der Waals surface area contributed by atoms with E-state index in [0.717, 1.165) is 49.6 Å². The average molecular weight is 434 g/mol. The van der Waals surface area contributed by atoms with E-state index in [1.165, 1.54) is 0 Å². The number of rotatable bonds is 10. The van der Waals surface area contributed by atoms with Crippen molar-refractivity contribution in [1.29, 1.82) is 0 Å². The van der Waals surface area contributed by atoms with Gasteiger partial charge >= 0.3 is 0 Å². The number of hydrogen-bond donors (Lipinski definition) is 1. The molecule has 0 bridgehead atoms. The molecule has 172 valence electrons. The highest BCUT2D eigenvalue weighted by Gasteiger charge is 2.17. The molecule has 3 rings (SSSR count). The number of aryl methyl sites for hydroxylation is 1. The van der Waals surface area contributed by atoms with Crippen molar-refractivity contribution in [2.75, 3.05) is 60.5 Å². The van der Waals surface area contributed by atoms with Crippen LogP contribution in [0.4, 0.5) is 0 Å². The summed E-state index contributed by atoms with van der Waals surface area (Å²) in [4.78, 5) is 6.76. The van der Waals surface area contributed by atoms with Gasteiger partial charge in [0.15, 0.2) is 11.5 Å². The summed E-state index contributed by atoms with van der Waals surface area (Å²) >= 11 is 0. The highest BCUT2D eigenvalue weighted by molar-refractivity contribution is 5.43. The maximum atomic E-state index is 10.5. The first kappa shape index (κ1) is 23.5. The summed E-state index contributed by atoms with van der Waals surface area (Å²) in [6.45, 7) is 8.18. The number of ether oxygens (including phenoxy) is 2. The fraction of sp³-hybridized carbons (Fsp3) is 0.636. The molecule has 1 fully saturated rings. The normalized spacial score (nSPS) is 17.0. The molecule has 0 aliphatic carbocycles. The van der Waals surface area contributed by atoms with E-state index in [-0.39, 0.29) is 6.61 Å². The highest BCUT2D eigenvalue weighted by atomic mass is 16.6. The van der Waals surface area contributed by atoms with Gasteiger partial charge in [-0.05, 0) is 58.2 Å². The van der Waals surface area contributed by atoms with Crippen molar-refractivity contribution in [3.63, 3.8) is 0 Å². The Balaban J connectivity index is 1.54. The maximum Gasteiger partial charge on any atom is 0.161 e. The maximum absolute atomic E-state index is 10.5. The first-order valence-corrected chi connectivity index (χ1v) is 10.8. The number of aliphatic hydroxyl groups excluding tert-OH is 1. The molecule has 1 aliphatic rings. The zero-order valence-corrected chi connectivity index (χ0v) is 19.1. The molecule has 2 heterocycles. The smallest absolute Gasteiger partial charge is 0.161 e. The van der Waals surface area contributed by atoms with E-state index in [1.54, 1.807) is 7.11 Å². The van der Waals surface area contributed by atoms with Gasteiger partial charge in [0, 0.05) is 32.7 Å². The second-order valence-electron chi connectivity index (χ2n) is 8.38. The van der Waals surface area contributed by atoms with Crippen LogP contribution >= 0.6 is 0 Å². The first-order chi connectivity index (χ1) is 14.9. The molecule has 2 aromatic rings. The van der Waals surface area contributed by atoms with Gasteiger partial charge in [0.25, 0.3) is 0 Å². The molecule has 0 saturated carbocycles. The predicted octanol–water partition coefficient (Wildman–Crippen LogP) is 1.40. The van der Waals surface area contributed by atoms with Gasteiger partial charge in [-0.25, -0.2) is 4.63 Å². The van der Waals surface area contributed by atoms with Crippen LogP contribution in [0.2, 0.25) is 0 Å². The predicted molar refractivity (Wildman–Crippen MR) is 117 cm³/mol. The van der Waals surface area contributed by atoms with E-state index in [0.29, 0.717) is 31.1 Å². The number of β-amino-alcohol motifs (C(OH)–C–C–N with tert-alkyl or cyclic N) is 1. The summed E-state index contributed by atoms with van der Waals surface area (Å²) in [5.41, 5.74) is 2.71. The summed E-state index contributed by atoms with van der Waals surface area (Å²) in [5, 5.41) is 18.3. The van der Waals surface area contributed by atoms with Crippen molar-refractivity contribution in [1.82, 2.24) is 25.0 Å². The Kier molecular flexibility index (Phi) is 8.65. The van der Waals surface area contributed by atoms with Gasteiger partial charge in [0.1, 0.15) is 24.1 Å². The fourth-order valence-corrected chi connectivity index (χ4v) is 3.77. The SMILES string of the molecule is COc1ccc(CN(C)Cc2nonc2C)cc1OCC(O)CN1CCCN(C)CC1. The third-order valence-corrected chi connectivity index (χ3v) is 5.56. The lowest BCUT2D eigenvalue weighted by Crippen LogP contribution is -2.37. The molecule has 9 heteroatoms. The van der Waals surface area contributed by atoms with Crippen LogP contribution in [0.15, 0.2) is 22.8 Å². The van der Waals surface area contributed by atoms with Crippen molar-refractivity contribution in [2.45, 2.75) is 32.5 Å². The van der Waals surface area contributed by atoms with Crippen LogP contribution < -0.4 is 9.47 Å². The fourth-order valence-electron chi connectivity index (χ4n) is 3.77. The average Bonchev–Trinajstić information content (AvgIpc) is 3.02. The Labute approximate surface area is 184 Å². The number of aliphatic hydroxyl groups is 1. The topological polar surface area (TPSA) is 87.3 Å². The lowest BCUT2D eigenvalue weighted by atomic mass is 10.2. The van der Waals surface area contributed by atoms with Crippen molar-refractivity contribution < 1.29 is 19.2 Å². The Hall–Kier alpha value is -2.20. The minimum atomic E-state index is -0.554. The molecule has 0 spiro atoms. The standard InChI is InChI=1S/C22H35N5O4/c1-17-20(24-31-23-17)15-26(3)13-18-6-7-21(29-4)22(12-18)30-16-19(28)14-27-9-5-8-25(2)10-11-27/h6-7,12,19,28H,5,8-11,13-16H2,1-4H3. The van der Waals surface area contributed by atoms with Gasteiger partial charge in [-0.15, -0.1) is 0 Å². The number of hydrogen-bond acceptors (Lipinski definition) is 9. The van der Waals surface area contributed by atoms with Crippen molar-refractivity contribution >= 4 is 0 Å². The number of benzene rings is 1. The molecule has 1 saturated heterocycles. The van der Waals surface area contributed by atoms with Crippen LogP contribution in [0, 0.1) is 6.92 Å². The molecule has 0 amide bonds. The van der Waals surface area contributed by atoms with E-state index in [2.05, 4.69) is 32.1 Å². The van der Waals surface area contributed by atoms with Crippen LogP contribution in [0.25, 0.3) is 0 Å². The van der Waals surface area contributed by atoms with E-state index < -0.39 is 6.10 Å². The molecule has 1 N–H and O–H groups in total. The third kappa shape index (κ3) is 7.17. The Morgan fingerprint density at radius 2 is 2.00 bits per heavy atom. The largest absolute Gasteiger partial charge is 0.493 e. The first-order valence-electron chi connectivity index (χ1n) is 10.8. The van der Waals surface area contributed by atoms with Gasteiger partial charge in [-0.1, -0.05) is 16.4 Å². The molecule has 31 heavy (non-hydrogen) atoms. The second kappa shape index (κ2) is 11.4. The number of aromatic nitrogens is 2. The van der Waals surface area contributed by atoms with Crippen molar-refractivity contribution in [3.8, 4) is 11.5 Å². The Morgan fingerprint density at radius 3 is 2.74 bits per heavy atom. The van der Waals surface area contributed by atoms with E-state index >= 15 is 0 Å².